The molecule has 0 bridgehead atoms. The van der Waals surface area contributed by atoms with Crippen molar-refractivity contribution in [1.82, 2.24) is 0 Å². The molecule has 3 heteroatoms. The van der Waals surface area contributed by atoms with Gasteiger partial charge >= 0.3 is 0 Å². The Hall–Kier alpha value is -0.0500. The first-order chi connectivity index (χ1) is 7.65. The van der Waals surface area contributed by atoms with Crippen LogP contribution < -0.4 is 0 Å². The summed E-state index contributed by atoms with van der Waals surface area (Å²) in [5, 5.41) is 0.786. The predicted octanol–water partition coefficient (Wildman–Crippen LogP) is 4.74. The minimum absolute atomic E-state index is 0.105. The van der Waals surface area contributed by atoms with Crippen LogP contribution in [0.1, 0.15) is 36.1 Å². The molecule has 0 aromatic heterocycles. The lowest BCUT2D eigenvalue weighted by atomic mass is 9.76. The topological polar surface area (TPSA) is 9.23 Å². The number of rotatable bonds is 4. The van der Waals surface area contributed by atoms with E-state index in [0.717, 1.165) is 11.4 Å². The van der Waals surface area contributed by atoms with Gasteiger partial charge in [-0.1, -0.05) is 39.7 Å². The molecule has 1 aliphatic carbocycles. The molecule has 0 heterocycles. The molecule has 0 amide bonds. The van der Waals surface area contributed by atoms with Gasteiger partial charge in [-0.3, -0.25) is 0 Å². The Morgan fingerprint density at radius 3 is 2.44 bits per heavy atom. The molecule has 88 valence electrons. The summed E-state index contributed by atoms with van der Waals surface area (Å²) in [4.78, 5) is 0.352. The standard InChI is InChI=1S/C13H16BrClO/c1-16-13(7-2-8-13)9-12(14)10-3-5-11(15)6-4-10/h3-6,12H,2,7-9H2,1H3. The summed E-state index contributed by atoms with van der Waals surface area (Å²) in [5.41, 5.74) is 1.38. The van der Waals surface area contributed by atoms with Crippen LogP contribution in [0.25, 0.3) is 0 Å². The molecule has 0 aliphatic heterocycles. The summed E-state index contributed by atoms with van der Waals surface area (Å²) in [5.74, 6) is 0. The first-order valence-electron chi connectivity index (χ1n) is 5.60. The third kappa shape index (κ3) is 2.61. The number of methoxy groups -OCH3 is 1. The van der Waals surface area contributed by atoms with Crippen molar-refractivity contribution in [3.63, 3.8) is 0 Å². The third-order valence-electron chi connectivity index (χ3n) is 3.48. The predicted molar refractivity (Wildman–Crippen MR) is 71.3 cm³/mol. The summed E-state index contributed by atoms with van der Waals surface area (Å²) in [6.07, 6.45) is 4.68. The van der Waals surface area contributed by atoms with Crippen molar-refractivity contribution in [3.05, 3.63) is 34.9 Å². The van der Waals surface area contributed by atoms with Crippen LogP contribution in [0.4, 0.5) is 0 Å². The van der Waals surface area contributed by atoms with E-state index in [-0.39, 0.29) is 5.60 Å². The largest absolute Gasteiger partial charge is 0.378 e. The average Bonchev–Trinajstić information content (AvgIpc) is 2.24. The van der Waals surface area contributed by atoms with Gasteiger partial charge in [-0.25, -0.2) is 0 Å². The van der Waals surface area contributed by atoms with E-state index >= 15 is 0 Å². The number of alkyl halides is 1. The van der Waals surface area contributed by atoms with Crippen molar-refractivity contribution in [1.29, 1.82) is 0 Å². The fourth-order valence-electron chi connectivity index (χ4n) is 2.18. The van der Waals surface area contributed by atoms with Gasteiger partial charge in [0.1, 0.15) is 0 Å². The van der Waals surface area contributed by atoms with Crippen molar-refractivity contribution < 1.29 is 4.74 Å². The molecule has 0 N–H and O–H groups in total. The second kappa shape index (κ2) is 5.07. The molecule has 0 saturated heterocycles. The summed E-state index contributed by atoms with van der Waals surface area (Å²) in [6, 6.07) is 8.02. The van der Waals surface area contributed by atoms with Gasteiger partial charge in [0.25, 0.3) is 0 Å². The van der Waals surface area contributed by atoms with E-state index in [4.69, 9.17) is 16.3 Å². The summed E-state index contributed by atoms with van der Waals surface area (Å²) >= 11 is 9.61. The molecule has 0 radical (unpaired) electrons. The SMILES string of the molecule is COC1(CC(Br)c2ccc(Cl)cc2)CCC1. The molecule has 2 rings (SSSR count). The third-order valence-corrected chi connectivity index (χ3v) is 4.59. The van der Waals surface area contributed by atoms with Gasteiger partial charge in [0.15, 0.2) is 0 Å². The van der Waals surface area contributed by atoms with Crippen molar-refractivity contribution in [2.45, 2.75) is 36.1 Å². The van der Waals surface area contributed by atoms with Gasteiger partial charge in [-0.15, -0.1) is 0 Å². The van der Waals surface area contributed by atoms with Crippen molar-refractivity contribution in [2.75, 3.05) is 7.11 Å². The number of hydrogen-bond donors (Lipinski definition) is 0. The number of ether oxygens (including phenoxy) is 1. The first kappa shape index (κ1) is 12.4. The van der Waals surface area contributed by atoms with Crippen LogP contribution in [-0.2, 0) is 4.74 Å². The van der Waals surface area contributed by atoms with Gasteiger partial charge in [-0.2, -0.15) is 0 Å². The minimum atomic E-state index is 0.105. The van der Waals surface area contributed by atoms with E-state index in [1.165, 1.54) is 24.8 Å². The fraction of sp³-hybridized carbons (Fsp3) is 0.538. The van der Waals surface area contributed by atoms with E-state index < -0.39 is 0 Å². The smallest absolute Gasteiger partial charge is 0.0692 e. The Morgan fingerprint density at radius 2 is 2.00 bits per heavy atom. The molecule has 1 aromatic rings. The molecule has 1 aliphatic rings. The van der Waals surface area contributed by atoms with Gasteiger partial charge in [0.05, 0.1) is 5.60 Å². The highest BCUT2D eigenvalue weighted by atomic mass is 79.9. The van der Waals surface area contributed by atoms with Crippen LogP contribution >= 0.6 is 27.5 Å². The van der Waals surface area contributed by atoms with E-state index in [1.54, 1.807) is 0 Å². The second-order valence-electron chi connectivity index (χ2n) is 4.46. The zero-order valence-electron chi connectivity index (χ0n) is 9.38. The summed E-state index contributed by atoms with van der Waals surface area (Å²) in [7, 11) is 1.82. The van der Waals surface area contributed by atoms with E-state index in [1.807, 2.05) is 19.2 Å². The van der Waals surface area contributed by atoms with E-state index in [9.17, 15) is 0 Å². The molecule has 1 atom stereocenters. The molecular formula is C13H16BrClO. The van der Waals surface area contributed by atoms with E-state index in [0.29, 0.717) is 4.83 Å². The van der Waals surface area contributed by atoms with Crippen molar-refractivity contribution in [3.8, 4) is 0 Å². The van der Waals surface area contributed by atoms with Crippen LogP contribution in [0, 0.1) is 0 Å². The molecule has 1 fully saturated rings. The molecule has 1 unspecified atom stereocenters. The summed E-state index contributed by atoms with van der Waals surface area (Å²) < 4.78 is 5.63. The number of halogens is 2. The highest BCUT2D eigenvalue weighted by molar-refractivity contribution is 9.09. The number of hydrogen-bond acceptors (Lipinski definition) is 1. The Bertz CT molecular complexity index is 340. The van der Waals surface area contributed by atoms with Crippen LogP contribution in [0.5, 0.6) is 0 Å². The first-order valence-corrected chi connectivity index (χ1v) is 6.89. The maximum atomic E-state index is 5.88. The van der Waals surface area contributed by atoms with Crippen LogP contribution in [0.2, 0.25) is 5.02 Å². The maximum Gasteiger partial charge on any atom is 0.0692 e. The quantitative estimate of drug-likeness (QED) is 0.730. The zero-order valence-corrected chi connectivity index (χ0v) is 11.7. The van der Waals surface area contributed by atoms with E-state index in [2.05, 4.69) is 28.1 Å². The fourth-order valence-corrected chi connectivity index (χ4v) is 3.20. The lowest BCUT2D eigenvalue weighted by Crippen LogP contribution is -2.39. The molecule has 0 spiro atoms. The Morgan fingerprint density at radius 1 is 1.38 bits per heavy atom. The molecule has 16 heavy (non-hydrogen) atoms. The monoisotopic (exact) mass is 302 g/mol. The highest BCUT2D eigenvalue weighted by Crippen LogP contribution is 2.44. The lowest BCUT2D eigenvalue weighted by Gasteiger charge is -2.42. The van der Waals surface area contributed by atoms with Crippen LogP contribution in [-0.4, -0.2) is 12.7 Å². The second-order valence-corrected chi connectivity index (χ2v) is 6.01. The van der Waals surface area contributed by atoms with Crippen molar-refractivity contribution >= 4 is 27.5 Å². The Kier molecular flexibility index (Phi) is 3.93. The molecule has 1 aromatic carbocycles. The van der Waals surface area contributed by atoms with Crippen molar-refractivity contribution in [2.24, 2.45) is 0 Å². The average molecular weight is 304 g/mol. The maximum absolute atomic E-state index is 5.88. The molecule has 1 saturated carbocycles. The zero-order chi connectivity index (χ0) is 11.6. The van der Waals surface area contributed by atoms with Gasteiger partial charge in [-0.05, 0) is 43.4 Å². The van der Waals surface area contributed by atoms with Gasteiger partial charge in [0.2, 0.25) is 0 Å². The highest BCUT2D eigenvalue weighted by Gasteiger charge is 2.38. The molecule has 1 nitrogen and oxygen atoms in total. The number of benzene rings is 1. The van der Waals surface area contributed by atoms with Crippen LogP contribution in [0.15, 0.2) is 24.3 Å². The van der Waals surface area contributed by atoms with Gasteiger partial charge in [0, 0.05) is 17.0 Å². The Labute approximate surface area is 110 Å². The lowest BCUT2D eigenvalue weighted by molar-refractivity contribution is -0.0773. The summed E-state index contributed by atoms with van der Waals surface area (Å²) in [6.45, 7) is 0. The minimum Gasteiger partial charge on any atom is -0.378 e. The van der Waals surface area contributed by atoms with Crippen LogP contribution in [0.3, 0.4) is 0 Å². The van der Waals surface area contributed by atoms with Gasteiger partial charge < -0.3 is 4.74 Å². The molecular weight excluding hydrogens is 287 g/mol. The normalized spacial score (nSPS) is 20.2. The Balaban J connectivity index is 2.02.